The highest BCUT2D eigenvalue weighted by Gasteiger charge is 2.27. The summed E-state index contributed by atoms with van der Waals surface area (Å²) in [6.45, 7) is 2.87. The first-order valence-corrected chi connectivity index (χ1v) is 9.24. The van der Waals surface area contributed by atoms with Crippen LogP contribution in [-0.4, -0.2) is 66.8 Å². The first kappa shape index (κ1) is 16.5. The molecule has 1 unspecified atom stereocenters. The number of likely N-dealkylation sites (N-methyl/N-ethyl adjacent to an activating group) is 1. The van der Waals surface area contributed by atoms with Crippen LogP contribution >= 0.6 is 0 Å². The average Bonchev–Trinajstić information content (AvgIpc) is 3.26. The largest absolute Gasteiger partial charge is 0.390 e. The molecule has 136 valence electrons. The molecule has 1 fully saturated rings. The Labute approximate surface area is 147 Å². The van der Waals surface area contributed by atoms with E-state index in [0.29, 0.717) is 25.7 Å². The van der Waals surface area contributed by atoms with Gasteiger partial charge in [-0.2, -0.15) is 5.10 Å². The Bertz CT molecular complexity index is 706. The number of nitrogens with one attached hydrogen (secondary N) is 1. The van der Waals surface area contributed by atoms with Crippen LogP contribution in [0.4, 0.5) is 5.69 Å². The van der Waals surface area contributed by atoms with E-state index in [2.05, 4.69) is 37.1 Å². The SMILES string of the molecule is CN(CC(O)CNc1cnn(Cc2nnc3n2CCCC3)c1)C1CC1. The highest BCUT2D eigenvalue weighted by Crippen LogP contribution is 2.25. The maximum atomic E-state index is 10.2. The average molecular weight is 345 g/mol. The number of rotatable bonds is 8. The van der Waals surface area contributed by atoms with Gasteiger partial charge in [0, 0.05) is 38.3 Å². The van der Waals surface area contributed by atoms with E-state index < -0.39 is 0 Å². The van der Waals surface area contributed by atoms with Gasteiger partial charge < -0.3 is 19.9 Å². The van der Waals surface area contributed by atoms with Crippen LogP contribution in [0.15, 0.2) is 12.4 Å². The minimum absolute atomic E-state index is 0.377. The Morgan fingerprint density at radius 1 is 1.36 bits per heavy atom. The van der Waals surface area contributed by atoms with Crippen LogP contribution in [-0.2, 0) is 19.5 Å². The highest BCUT2D eigenvalue weighted by molar-refractivity contribution is 5.38. The van der Waals surface area contributed by atoms with Crippen molar-refractivity contribution in [3.05, 3.63) is 24.0 Å². The molecule has 8 nitrogen and oxygen atoms in total. The van der Waals surface area contributed by atoms with Gasteiger partial charge in [-0.05, 0) is 32.7 Å². The number of aliphatic hydroxyl groups excluding tert-OH is 1. The Morgan fingerprint density at radius 2 is 2.24 bits per heavy atom. The fourth-order valence-corrected chi connectivity index (χ4v) is 3.47. The van der Waals surface area contributed by atoms with Crippen molar-refractivity contribution in [1.29, 1.82) is 0 Å². The van der Waals surface area contributed by atoms with Crippen molar-refractivity contribution < 1.29 is 5.11 Å². The molecule has 1 atom stereocenters. The van der Waals surface area contributed by atoms with Gasteiger partial charge in [-0.25, -0.2) is 0 Å². The topological polar surface area (TPSA) is 84.0 Å². The van der Waals surface area contributed by atoms with E-state index in [1.54, 1.807) is 6.20 Å². The van der Waals surface area contributed by atoms with Gasteiger partial charge in [-0.1, -0.05) is 0 Å². The summed E-state index contributed by atoms with van der Waals surface area (Å²) in [5, 5.41) is 26.4. The molecule has 1 saturated carbocycles. The Kier molecular flexibility index (Phi) is 4.72. The predicted molar refractivity (Wildman–Crippen MR) is 94.4 cm³/mol. The molecule has 0 radical (unpaired) electrons. The number of aromatic nitrogens is 5. The monoisotopic (exact) mass is 345 g/mol. The second kappa shape index (κ2) is 7.13. The molecule has 1 aliphatic heterocycles. The Morgan fingerprint density at radius 3 is 3.08 bits per heavy atom. The highest BCUT2D eigenvalue weighted by atomic mass is 16.3. The smallest absolute Gasteiger partial charge is 0.154 e. The zero-order valence-corrected chi connectivity index (χ0v) is 14.8. The Balaban J connectivity index is 1.29. The molecule has 0 amide bonds. The summed E-state index contributed by atoms with van der Waals surface area (Å²) in [5.74, 6) is 2.06. The van der Waals surface area contributed by atoms with Gasteiger partial charge in [-0.3, -0.25) is 4.68 Å². The second-order valence-electron chi connectivity index (χ2n) is 7.27. The molecular weight excluding hydrogens is 318 g/mol. The normalized spacial score (nSPS) is 18.4. The molecule has 25 heavy (non-hydrogen) atoms. The molecule has 1 aliphatic carbocycles. The van der Waals surface area contributed by atoms with E-state index in [4.69, 9.17) is 0 Å². The molecule has 4 rings (SSSR count). The van der Waals surface area contributed by atoms with Crippen molar-refractivity contribution in [1.82, 2.24) is 29.4 Å². The summed E-state index contributed by atoms with van der Waals surface area (Å²) >= 11 is 0. The summed E-state index contributed by atoms with van der Waals surface area (Å²) in [5.41, 5.74) is 0.923. The molecule has 8 heteroatoms. The minimum atomic E-state index is -0.377. The number of fused-ring (bicyclic) bond motifs is 1. The third kappa shape index (κ3) is 4.01. The van der Waals surface area contributed by atoms with E-state index in [0.717, 1.165) is 30.3 Å². The van der Waals surface area contributed by atoms with Crippen LogP contribution in [0, 0.1) is 0 Å². The summed E-state index contributed by atoms with van der Waals surface area (Å²) < 4.78 is 4.09. The zero-order chi connectivity index (χ0) is 17.2. The summed E-state index contributed by atoms with van der Waals surface area (Å²) in [7, 11) is 2.08. The number of aryl methyl sites for hydroxylation is 1. The van der Waals surface area contributed by atoms with Gasteiger partial charge >= 0.3 is 0 Å². The molecule has 2 aromatic rings. The third-order valence-corrected chi connectivity index (χ3v) is 5.08. The number of nitrogens with zero attached hydrogens (tertiary/aromatic N) is 6. The lowest BCUT2D eigenvalue weighted by atomic mass is 10.2. The van der Waals surface area contributed by atoms with Crippen molar-refractivity contribution in [2.45, 2.75) is 57.3 Å². The Hall–Kier alpha value is -1.93. The van der Waals surface area contributed by atoms with E-state index in [-0.39, 0.29) is 6.10 Å². The minimum Gasteiger partial charge on any atom is -0.390 e. The molecule has 2 aliphatic rings. The fourth-order valence-electron chi connectivity index (χ4n) is 3.47. The standard InChI is InChI=1S/C17H27N7O/c1-22(14-5-6-14)11-15(25)9-18-13-8-19-23(10-13)12-17-21-20-16-4-2-3-7-24(16)17/h8,10,14-15,18,25H,2-7,9,11-12H2,1H3. The fraction of sp³-hybridized carbons (Fsp3) is 0.706. The lowest BCUT2D eigenvalue weighted by Crippen LogP contribution is -2.34. The lowest BCUT2D eigenvalue weighted by molar-refractivity contribution is 0.132. The summed E-state index contributed by atoms with van der Waals surface area (Å²) in [6, 6.07) is 0.673. The van der Waals surface area contributed by atoms with Gasteiger partial charge in [0.25, 0.3) is 0 Å². The predicted octanol–water partition coefficient (Wildman–Crippen LogP) is 0.726. The number of aliphatic hydroxyl groups is 1. The van der Waals surface area contributed by atoms with Crippen molar-refractivity contribution in [2.75, 3.05) is 25.5 Å². The van der Waals surface area contributed by atoms with E-state index >= 15 is 0 Å². The van der Waals surface area contributed by atoms with Gasteiger partial charge in [0.15, 0.2) is 5.82 Å². The molecule has 0 saturated heterocycles. The maximum Gasteiger partial charge on any atom is 0.154 e. The van der Waals surface area contributed by atoms with E-state index in [1.165, 1.54) is 25.7 Å². The van der Waals surface area contributed by atoms with E-state index in [1.807, 2.05) is 10.9 Å². The van der Waals surface area contributed by atoms with Crippen molar-refractivity contribution >= 4 is 5.69 Å². The van der Waals surface area contributed by atoms with Gasteiger partial charge in [0.1, 0.15) is 12.4 Å². The number of hydrogen-bond acceptors (Lipinski definition) is 6. The third-order valence-electron chi connectivity index (χ3n) is 5.08. The molecule has 0 bridgehead atoms. The lowest BCUT2D eigenvalue weighted by Gasteiger charge is -2.20. The zero-order valence-electron chi connectivity index (χ0n) is 14.8. The quantitative estimate of drug-likeness (QED) is 0.734. The van der Waals surface area contributed by atoms with Crippen molar-refractivity contribution in [3.63, 3.8) is 0 Å². The van der Waals surface area contributed by atoms with Crippen LogP contribution in [0.3, 0.4) is 0 Å². The van der Waals surface area contributed by atoms with Crippen molar-refractivity contribution in [2.24, 2.45) is 0 Å². The van der Waals surface area contributed by atoms with Crippen LogP contribution in [0.5, 0.6) is 0 Å². The van der Waals surface area contributed by atoms with Crippen LogP contribution in [0.1, 0.15) is 37.3 Å². The van der Waals surface area contributed by atoms with Crippen molar-refractivity contribution in [3.8, 4) is 0 Å². The first-order chi connectivity index (χ1) is 12.2. The molecule has 2 N–H and O–H groups in total. The summed E-state index contributed by atoms with van der Waals surface area (Å²) in [6.07, 6.45) is 9.31. The molecule has 2 aromatic heterocycles. The summed E-state index contributed by atoms with van der Waals surface area (Å²) in [4.78, 5) is 2.24. The van der Waals surface area contributed by atoms with Crippen LogP contribution in [0.25, 0.3) is 0 Å². The molecular formula is C17H27N7O. The number of hydrogen-bond donors (Lipinski definition) is 2. The van der Waals surface area contributed by atoms with Crippen LogP contribution < -0.4 is 5.32 Å². The van der Waals surface area contributed by atoms with Gasteiger partial charge in [0.2, 0.25) is 0 Å². The first-order valence-electron chi connectivity index (χ1n) is 9.24. The number of anilines is 1. The second-order valence-corrected chi connectivity index (χ2v) is 7.27. The molecule has 0 aromatic carbocycles. The van der Waals surface area contributed by atoms with E-state index in [9.17, 15) is 5.11 Å². The van der Waals surface area contributed by atoms with Gasteiger partial charge in [-0.15, -0.1) is 10.2 Å². The molecule has 3 heterocycles. The van der Waals surface area contributed by atoms with Crippen LogP contribution in [0.2, 0.25) is 0 Å². The molecule has 0 spiro atoms. The maximum absolute atomic E-state index is 10.2. The van der Waals surface area contributed by atoms with Gasteiger partial charge in [0.05, 0.1) is 18.0 Å².